The van der Waals surface area contributed by atoms with Crippen molar-refractivity contribution in [3.05, 3.63) is 66.7 Å². The molecule has 11 nitrogen and oxygen atoms in total. The standard InChI is InChI=1S/C35H45N5O6/c1-6-7-8-9-20-46-28-18-19-29(30(41)21-28)35-39-33(24-10-14-26(15-11-24)36-22-31(42-2)43-3)38-34(40-35)25-12-16-27(17-13-25)37-23-32(44-4)45-5/h10-19,21,31-32,36-37,41H,6-9,20,22-23H2,1-5H3. The van der Waals surface area contributed by atoms with Crippen LogP contribution in [0.15, 0.2) is 66.7 Å². The van der Waals surface area contributed by atoms with Crippen molar-refractivity contribution in [2.45, 2.75) is 45.2 Å². The van der Waals surface area contributed by atoms with E-state index in [9.17, 15) is 5.11 Å². The molecule has 0 saturated carbocycles. The number of methoxy groups -OCH3 is 4. The van der Waals surface area contributed by atoms with Gasteiger partial charge in [0.05, 0.1) is 25.3 Å². The van der Waals surface area contributed by atoms with Crippen molar-refractivity contribution in [2.75, 3.05) is 58.8 Å². The molecule has 11 heteroatoms. The molecule has 3 N–H and O–H groups in total. The van der Waals surface area contributed by atoms with Crippen LogP contribution < -0.4 is 15.4 Å². The monoisotopic (exact) mass is 631 g/mol. The maximum Gasteiger partial charge on any atom is 0.173 e. The number of benzene rings is 3. The van der Waals surface area contributed by atoms with E-state index >= 15 is 0 Å². The van der Waals surface area contributed by atoms with E-state index in [1.54, 1.807) is 40.6 Å². The summed E-state index contributed by atoms with van der Waals surface area (Å²) in [6.45, 7) is 3.76. The number of unbranched alkanes of at least 4 members (excludes halogenated alkanes) is 3. The first-order chi connectivity index (χ1) is 22.5. The Morgan fingerprint density at radius 1 is 0.630 bits per heavy atom. The Morgan fingerprint density at radius 2 is 1.13 bits per heavy atom. The number of rotatable bonds is 19. The molecule has 1 aromatic heterocycles. The second-order valence-electron chi connectivity index (χ2n) is 10.6. The van der Waals surface area contributed by atoms with Gasteiger partial charge in [-0.15, -0.1) is 0 Å². The summed E-state index contributed by atoms with van der Waals surface area (Å²) in [4.78, 5) is 14.4. The average Bonchev–Trinajstić information content (AvgIpc) is 3.09. The fourth-order valence-corrected chi connectivity index (χ4v) is 4.67. The van der Waals surface area contributed by atoms with Crippen molar-refractivity contribution in [3.8, 4) is 45.7 Å². The van der Waals surface area contributed by atoms with Crippen LogP contribution in [0.25, 0.3) is 34.2 Å². The molecule has 0 spiro atoms. The Bertz CT molecular complexity index is 1400. The van der Waals surface area contributed by atoms with Crippen molar-refractivity contribution < 1.29 is 28.8 Å². The van der Waals surface area contributed by atoms with Crippen LogP contribution in [-0.2, 0) is 18.9 Å². The summed E-state index contributed by atoms with van der Waals surface area (Å²) in [6, 6.07) is 20.7. The molecule has 0 saturated heterocycles. The van der Waals surface area contributed by atoms with Crippen LogP contribution in [0.4, 0.5) is 11.4 Å². The normalized spacial score (nSPS) is 11.3. The SMILES string of the molecule is CCCCCCOc1ccc(-c2nc(-c3ccc(NCC(OC)OC)cc3)nc(-c3ccc(NCC(OC)OC)cc3)n2)c(O)c1. The zero-order chi connectivity index (χ0) is 32.7. The highest BCUT2D eigenvalue weighted by molar-refractivity contribution is 5.71. The molecule has 46 heavy (non-hydrogen) atoms. The zero-order valence-electron chi connectivity index (χ0n) is 27.3. The minimum Gasteiger partial charge on any atom is -0.507 e. The van der Waals surface area contributed by atoms with Gasteiger partial charge in [0.2, 0.25) is 0 Å². The topological polar surface area (TPSA) is 129 Å². The number of nitrogens with one attached hydrogen (secondary N) is 2. The van der Waals surface area contributed by atoms with Crippen LogP contribution in [0, 0.1) is 0 Å². The first-order valence-corrected chi connectivity index (χ1v) is 15.5. The molecule has 0 unspecified atom stereocenters. The van der Waals surface area contributed by atoms with Gasteiger partial charge in [-0.1, -0.05) is 26.2 Å². The van der Waals surface area contributed by atoms with E-state index in [1.165, 1.54) is 12.8 Å². The predicted molar refractivity (Wildman–Crippen MR) is 180 cm³/mol. The molecule has 4 rings (SSSR count). The highest BCUT2D eigenvalue weighted by atomic mass is 16.7. The van der Waals surface area contributed by atoms with Crippen molar-refractivity contribution in [2.24, 2.45) is 0 Å². The number of nitrogens with zero attached hydrogens (tertiary/aromatic N) is 3. The van der Waals surface area contributed by atoms with Gasteiger partial charge < -0.3 is 39.4 Å². The zero-order valence-corrected chi connectivity index (χ0v) is 27.3. The third-order valence-corrected chi connectivity index (χ3v) is 7.40. The van der Waals surface area contributed by atoms with Gasteiger partial charge in [0.15, 0.2) is 30.1 Å². The molecule has 0 radical (unpaired) electrons. The first-order valence-electron chi connectivity index (χ1n) is 15.5. The van der Waals surface area contributed by atoms with Crippen LogP contribution in [0.1, 0.15) is 32.6 Å². The molecule has 0 amide bonds. The highest BCUT2D eigenvalue weighted by Gasteiger charge is 2.16. The Hall–Kier alpha value is -4.29. The predicted octanol–water partition coefficient (Wildman–Crippen LogP) is 6.60. The van der Waals surface area contributed by atoms with Crippen LogP contribution >= 0.6 is 0 Å². The van der Waals surface area contributed by atoms with Gasteiger partial charge in [-0.05, 0) is 67.1 Å². The lowest BCUT2D eigenvalue weighted by molar-refractivity contribution is -0.0915. The molecule has 3 aromatic carbocycles. The van der Waals surface area contributed by atoms with E-state index in [2.05, 4.69) is 17.6 Å². The van der Waals surface area contributed by atoms with Gasteiger partial charge >= 0.3 is 0 Å². The molecule has 0 atom stereocenters. The largest absolute Gasteiger partial charge is 0.507 e. The molecular weight excluding hydrogens is 586 g/mol. The molecule has 246 valence electrons. The van der Waals surface area contributed by atoms with E-state index in [1.807, 2.05) is 54.6 Å². The Kier molecular flexibility index (Phi) is 13.5. The summed E-state index contributed by atoms with van der Waals surface area (Å²) in [5, 5.41) is 17.6. The molecular formula is C35H45N5O6. The summed E-state index contributed by atoms with van der Waals surface area (Å²) in [5.74, 6) is 1.93. The number of hydrogen-bond acceptors (Lipinski definition) is 11. The summed E-state index contributed by atoms with van der Waals surface area (Å²) < 4.78 is 26.9. The van der Waals surface area contributed by atoms with Gasteiger partial charge in [0.1, 0.15) is 11.5 Å². The molecule has 0 aliphatic carbocycles. The lowest BCUT2D eigenvalue weighted by Gasteiger charge is -2.15. The van der Waals surface area contributed by atoms with Crippen LogP contribution in [-0.4, -0.2) is 80.8 Å². The smallest absolute Gasteiger partial charge is 0.173 e. The quantitative estimate of drug-likeness (QED) is 0.0765. The number of hydrogen-bond donors (Lipinski definition) is 3. The van der Waals surface area contributed by atoms with E-state index in [4.69, 9.17) is 38.6 Å². The number of aromatic hydroxyl groups is 1. The number of ether oxygens (including phenoxy) is 5. The Labute approximate surface area is 271 Å². The van der Waals surface area contributed by atoms with Crippen molar-refractivity contribution in [1.82, 2.24) is 15.0 Å². The second kappa shape index (κ2) is 18.0. The third-order valence-electron chi connectivity index (χ3n) is 7.40. The molecule has 0 fully saturated rings. The molecule has 4 aromatic rings. The van der Waals surface area contributed by atoms with Gasteiger partial charge in [-0.3, -0.25) is 0 Å². The lowest BCUT2D eigenvalue weighted by atomic mass is 10.1. The van der Waals surface area contributed by atoms with Gasteiger partial charge in [0, 0.05) is 57.0 Å². The molecule has 0 aliphatic heterocycles. The number of anilines is 2. The van der Waals surface area contributed by atoms with Crippen LogP contribution in [0.5, 0.6) is 11.5 Å². The maximum atomic E-state index is 11.0. The van der Waals surface area contributed by atoms with Crippen molar-refractivity contribution in [3.63, 3.8) is 0 Å². The van der Waals surface area contributed by atoms with Crippen LogP contribution in [0.2, 0.25) is 0 Å². The third kappa shape index (κ3) is 9.85. The average molecular weight is 632 g/mol. The molecule has 0 aliphatic rings. The minimum absolute atomic E-state index is 0.0323. The Balaban J connectivity index is 1.62. The van der Waals surface area contributed by atoms with Gasteiger partial charge in [-0.25, -0.2) is 15.0 Å². The number of aromatic nitrogens is 3. The van der Waals surface area contributed by atoms with Crippen molar-refractivity contribution >= 4 is 11.4 Å². The fraction of sp³-hybridized carbons (Fsp3) is 0.400. The number of phenols is 1. The highest BCUT2D eigenvalue weighted by Crippen LogP contribution is 2.33. The fourth-order valence-electron chi connectivity index (χ4n) is 4.67. The summed E-state index contributed by atoms with van der Waals surface area (Å²) >= 11 is 0. The van der Waals surface area contributed by atoms with E-state index in [0.29, 0.717) is 48.5 Å². The maximum absolute atomic E-state index is 11.0. The van der Waals surface area contributed by atoms with Gasteiger partial charge in [0.25, 0.3) is 0 Å². The Morgan fingerprint density at radius 3 is 1.59 bits per heavy atom. The lowest BCUT2D eigenvalue weighted by Crippen LogP contribution is -2.23. The van der Waals surface area contributed by atoms with E-state index < -0.39 is 0 Å². The summed E-state index contributed by atoms with van der Waals surface area (Å²) in [5.41, 5.74) is 3.86. The van der Waals surface area contributed by atoms with Crippen molar-refractivity contribution in [1.29, 1.82) is 0 Å². The van der Waals surface area contributed by atoms with Crippen LogP contribution in [0.3, 0.4) is 0 Å². The molecule has 0 bridgehead atoms. The van der Waals surface area contributed by atoms with Gasteiger partial charge in [-0.2, -0.15) is 0 Å². The minimum atomic E-state index is -0.359. The van der Waals surface area contributed by atoms with E-state index in [-0.39, 0.29) is 18.3 Å². The first kappa shape index (κ1) is 34.6. The second-order valence-corrected chi connectivity index (χ2v) is 10.6. The molecule has 1 heterocycles. The summed E-state index contributed by atoms with van der Waals surface area (Å²) in [6.07, 6.45) is 3.72. The summed E-state index contributed by atoms with van der Waals surface area (Å²) in [7, 11) is 6.41. The number of phenolic OH excluding ortho intramolecular Hbond substituents is 1. The van der Waals surface area contributed by atoms with E-state index in [0.717, 1.165) is 35.3 Å².